The summed E-state index contributed by atoms with van der Waals surface area (Å²) >= 11 is 0. The van der Waals surface area contributed by atoms with Gasteiger partial charge in [-0.1, -0.05) is 60.0 Å². The first-order valence-electron chi connectivity index (χ1n) is 5.91. The van der Waals surface area contributed by atoms with Crippen molar-refractivity contribution < 1.29 is 5.11 Å². The molecule has 0 bridgehead atoms. The molecule has 2 rings (SSSR count). The molecule has 1 atom stereocenters. The molecule has 1 unspecified atom stereocenters. The topological polar surface area (TPSA) is 20.2 Å². The van der Waals surface area contributed by atoms with Gasteiger partial charge in [-0.15, -0.1) is 6.42 Å². The van der Waals surface area contributed by atoms with Gasteiger partial charge in [-0.2, -0.15) is 0 Å². The average molecular weight is 236 g/mol. The lowest BCUT2D eigenvalue weighted by molar-refractivity contribution is 0.144. The van der Waals surface area contributed by atoms with Crippen molar-refractivity contribution >= 4 is 0 Å². The van der Waals surface area contributed by atoms with E-state index in [0.29, 0.717) is 0 Å². The van der Waals surface area contributed by atoms with Crippen molar-refractivity contribution in [2.24, 2.45) is 0 Å². The Morgan fingerprint density at radius 1 is 1.06 bits per heavy atom. The standard InChI is InChI=1S/C17H16O/c1-4-17(18,15-8-6-5-7-9-15)16-11-10-13(2)12-14(16)3/h1,5-12,18H,2-3H3. The van der Waals surface area contributed by atoms with Crippen molar-refractivity contribution in [1.82, 2.24) is 0 Å². The second-order valence-corrected chi connectivity index (χ2v) is 4.54. The predicted molar refractivity (Wildman–Crippen MR) is 74.2 cm³/mol. The van der Waals surface area contributed by atoms with E-state index in [0.717, 1.165) is 22.3 Å². The zero-order valence-electron chi connectivity index (χ0n) is 10.6. The number of rotatable bonds is 2. The number of aryl methyl sites for hydroxylation is 2. The Morgan fingerprint density at radius 2 is 1.72 bits per heavy atom. The minimum atomic E-state index is -1.36. The van der Waals surface area contributed by atoms with E-state index in [1.54, 1.807) is 0 Å². The van der Waals surface area contributed by atoms with Gasteiger partial charge in [0.15, 0.2) is 5.60 Å². The van der Waals surface area contributed by atoms with Crippen LogP contribution in [0.15, 0.2) is 48.5 Å². The van der Waals surface area contributed by atoms with E-state index >= 15 is 0 Å². The number of hydrogen-bond acceptors (Lipinski definition) is 1. The quantitative estimate of drug-likeness (QED) is 0.794. The van der Waals surface area contributed by atoms with Gasteiger partial charge in [0.25, 0.3) is 0 Å². The van der Waals surface area contributed by atoms with Gasteiger partial charge in [-0.05, 0) is 19.4 Å². The highest BCUT2D eigenvalue weighted by molar-refractivity contribution is 5.47. The lowest BCUT2D eigenvalue weighted by atomic mass is 9.84. The molecule has 0 saturated carbocycles. The van der Waals surface area contributed by atoms with Crippen molar-refractivity contribution in [3.05, 3.63) is 70.8 Å². The minimum Gasteiger partial charge on any atom is -0.369 e. The number of benzene rings is 2. The molecule has 0 aliphatic carbocycles. The van der Waals surface area contributed by atoms with E-state index in [2.05, 4.69) is 5.92 Å². The van der Waals surface area contributed by atoms with Crippen LogP contribution in [0.1, 0.15) is 22.3 Å². The maximum absolute atomic E-state index is 10.8. The molecule has 1 heteroatoms. The highest BCUT2D eigenvalue weighted by Gasteiger charge is 2.30. The second kappa shape index (κ2) is 4.68. The molecule has 18 heavy (non-hydrogen) atoms. The van der Waals surface area contributed by atoms with Gasteiger partial charge in [-0.3, -0.25) is 0 Å². The average Bonchev–Trinajstić information content (AvgIpc) is 2.39. The molecule has 2 aromatic rings. The third-order valence-corrected chi connectivity index (χ3v) is 3.17. The van der Waals surface area contributed by atoms with Gasteiger partial charge in [0.1, 0.15) is 0 Å². The molecule has 0 spiro atoms. The van der Waals surface area contributed by atoms with Crippen LogP contribution in [-0.2, 0) is 5.60 Å². The molecule has 1 N–H and O–H groups in total. The lowest BCUT2D eigenvalue weighted by Crippen LogP contribution is -2.26. The van der Waals surface area contributed by atoms with Crippen LogP contribution in [0.3, 0.4) is 0 Å². The van der Waals surface area contributed by atoms with Crippen LogP contribution in [-0.4, -0.2) is 5.11 Å². The van der Waals surface area contributed by atoms with Crippen molar-refractivity contribution in [2.75, 3.05) is 0 Å². The van der Waals surface area contributed by atoms with Crippen LogP contribution in [0.25, 0.3) is 0 Å². The first kappa shape index (κ1) is 12.4. The Hall–Kier alpha value is -2.04. The molecule has 0 aromatic heterocycles. The molecule has 1 nitrogen and oxygen atoms in total. The van der Waals surface area contributed by atoms with E-state index in [1.165, 1.54) is 0 Å². The van der Waals surface area contributed by atoms with Gasteiger partial charge in [0.2, 0.25) is 0 Å². The number of hydrogen-bond donors (Lipinski definition) is 1. The van der Waals surface area contributed by atoms with Crippen molar-refractivity contribution in [1.29, 1.82) is 0 Å². The summed E-state index contributed by atoms with van der Waals surface area (Å²) in [5.41, 5.74) is 2.28. The summed E-state index contributed by atoms with van der Waals surface area (Å²) < 4.78 is 0. The fraction of sp³-hybridized carbons (Fsp3) is 0.176. The van der Waals surface area contributed by atoms with Crippen molar-refractivity contribution in [3.8, 4) is 12.3 Å². The molecule has 0 fully saturated rings. The monoisotopic (exact) mass is 236 g/mol. The third kappa shape index (κ3) is 2.03. The maximum Gasteiger partial charge on any atom is 0.176 e. The van der Waals surface area contributed by atoms with Crippen molar-refractivity contribution in [2.45, 2.75) is 19.4 Å². The highest BCUT2D eigenvalue weighted by Crippen LogP contribution is 2.31. The largest absolute Gasteiger partial charge is 0.369 e. The van der Waals surface area contributed by atoms with Gasteiger partial charge in [0.05, 0.1) is 0 Å². The van der Waals surface area contributed by atoms with E-state index in [4.69, 9.17) is 6.42 Å². The van der Waals surface area contributed by atoms with Crippen LogP contribution >= 0.6 is 0 Å². The van der Waals surface area contributed by atoms with Gasteiger partial charge in [0, 0.05) is 11.1 Å². The SMILES string of the molecule is C#CC(O)(c1ccccc1)c1ccc(C)cc1C. The van der Waals surface area contributed by atoms with Crippen LogP contribution in [0.2, 0.25) is 0 Å². The highest BCUT2D eigenvalue weighted by atomic mass is 16.3. The summed E-state index contributed by atoms with van der Waals surface area (Å²) in [4.78, 5) is 0. The minimum absolute atomic E-state index is 0.722. The molecule has 0 aliphatic rings. The Labute approximate surface area is 108 Å². The number of aliphatic hydroxyl groups is 1. The molecule has 90 valence electrons. The van der Waals surface area contributed by atoms with Crippen LogP contribution in [0, 0.1) is 26.2 Å². The molecular formula is C17H16O. The summed E-state index contributed by atoms with van der Waals surface area (Å²) in [6.07, 6.45) is 5.58. The fourth-order valence-electron chi connectivity index (χ4n) is 2.22. The smallest absolute Gasteiger partial charge is 0.176 e. The molecule has 0 saturated heterocycles. The first-order chi connectivity index (χ1) is 8.58. The van der Waals surface area contributed by atoms with Crippen LogP contribution < -0.4 is 0 Å². The molecular weight excluding hydrogens is 220 g/mol. The van der Waals surface area contributed by atoms with Gasteiger partial charge in [-0.25, -0.2) is 0 Å². The Balaban J connectivity index is 2.62. The second-order valence-electron chi connectivity index (χ2n) is 4.54. The summed E-state index contributed by atoms with van der Waals surface area (Å²) in [5, 5.41) is 10.8. The summed E-state index contributed by atoms with van der Waals surface area (Å²) in [6.45, 7) is 3.99. The van der Waals surface area contributed by atoms with Crippen LogP contribution in [0.5, 0.6) is 0 Å². The fourth-order valence-corrected chi connectivity index (χ4v) is 2.22. The Kier molecular flexibility index (Phi) is 3.23. The normalized spacial score (nSPS) is 13.7. The summed E-state index contributed by atoms with van der Waals surface area (Å²) in [6, 6.07) is 15.2. The zero-order chi connectivity index (χ0) is 13.2. The third-order valence-electron chi connectivity index (χ3n) is 3.17. The molecule has 0 aliphatic heterocycles. The maximum atomic E-state index is 10.8. The molecule has 0 amide bonds. The predicted octanol–water partition coefficient (Wildman–Crippen LogP) is 3.17. The van der Waals surface area contributed by atoms with Gasteiger partial charge >= 0.3 is 0 Å². The number of terminal acetylenes is 1. The zero-order valence-corrected chi connectivity index (χ0v) is 10.6. The van der Waals surface area contributed by atoms with E-state index in [9.17, 15) is 5.11 Å². The molecule has 0 heterocycles. The Bertz CT molecular complexity index is 593. The summed E-state index contributed by atoms with van der Waals surface area (Å²) in [7, 11) is 0. The van der Waals surface area contributed by atoms with E-state index in [1.807, 2.05) is 62.4 Å². The van der Waals surface area contributed by atoms with Gasteiger partial charge < -0.3 is 5.11 Å². The summed E-state index contributed by atoms with van der Waals surface area (Å²) in [5.74, 6) is 2.53. The molecule has 0 radical (unpaired) electrons. The lowest BCUT2D eigenvalue weighted by Gasteiger charge is -2.25. The van der Waals surface area contributed by atoms with Crippen molar-refractivity contribution in [3.63, 3.8) is 0 Å². The van der Waals surface area contributed by atoms with Crippen LogP contribution in [0.4, 0.5) is 0 Å². The Morgan fingerprint density at radius 3 is 2.28 bits per heavy atom. The van der Waals surface area contributed by atoms with E-state index in [-0.39, 0.29) is 0 Å². The molecule has 2 aromatic carbocycles. The first-order valence-corrected chi connectivity index (χ1v) is 5.91. The van der Waals surface area contributed by atoms with E-state index < -0.39 is 5.60 Å².